The number of hydrogen-bond donors (Lipinski definition) is 0. The number of halogens is 1. The standard InChI is InChI=1S/C13H25BrO/c1-12(2,3)7-6-10-15-13(11-14)8-4-5-9-13/h4-11H2,1-3H3. The van der Waals surface area contributed by atoms with Crippen LogP contribution in [0.15, 0.2) is 0 Å². The van der Waals surface area contributed by atoms with Crippen LogP contribution in [-0.4, -0.2) is 17.5 Å². The third-order valence-electron chi connectivity index (χ3n) is 3.24. The Bertz CT molecular complexity index is 177. The number of hydrogen-bond acceptors (Lipinski definition) is 1. The Morgan fingerprint density at radius 3 is 2.27 bits per heavy atom. The maximum absolute atomic E-state index is 6.09. The van der Waals surface area contributed by atoms with Crippen LogP contribution in [0.5, 0.6) is 0 Å². The fourth-order valence-electron chi connectivity index (χ4n) is 2.23. The van der Waals surface area contributed by atoms with Gasteiger partial charge in [-0.2, -0.15) is 0 Å². The SMILES string of the molecule is CC(C)(C)CCCOC1(CBr)CCCC1. The van der Waals surface area contributed by atoms with Gasteiger partial charge >= 0.3 is 0 Å². The van der Waals surface area contributed by atoms with Gasteiger partial charge < -0.3 is 4.74 Å². The molecule has 0 spiro atoms. The molecule has 0 aliphatic heterocycles. The topological polar surface area (TPSA) is 9.23 Å². The fourth-order valence-corrected chi connectivity index (χ4v) is 2.95. The van der Waals surface area contributed by atoms with Crippen LogP contribution < -0.4 is 0 Å². The molecule has 1 aliphatic rings. The Balaban J connectivity index is 2.18. The van der Waals surface area contributed by atoms with Crippen LogP contribution in [0.1, 0.15) is 59.3 Å². The van der Waals surface area contributed by atoms with Crippen molar-refractivity contribution in [2.75, 3.05) is 11.9 Å². The lowest BCUT2D eigenvalue weighted by Gasteiger charge is -2.28. The van der Waals surface area contributed by atoms with Crippen molar-refractivity contribution in [3.63, 3.8) is 0 Å². The Labute approximate surface area is 103 Å². The quantitative estimate of drug-likeness (QED) is 0.529. The summed E-state index contributed by atoms with van der Waals surface area (Å²) >= 11 is 3.60. The van der Waals surface area contributed by atoms with Crippen LogP contribution in [-0.2, 0) is 4.74 Å². The summed E-state index contributed by atoms with van der Waals surface area (Å²) < 4.78 is 6.09. The maximum Gasteiger partial charge on any atom is 0.0778 e. The van der Waals surface area contributed by atoms with E-state index in [9.17, 15) is 0 Å². The summed E-state index contributed by atoms with van der Waals surface area (Å²) in [4.78, 5) is 0. The molecule has 2 heteroatoms. The summed E-state index contributed by atoms with van der Waals surface area (Å²) in [5, 5.41) is 1.01. The molecule has 0 atom stereocenters. The molecule has 1 fully saturated rings. The Kier molecular flexibility index (Phi) is 5.11. The lowest BCUT2D eigenvalue weighted by Crippen LogP contribution is -2.31. The molecule has 15 heavy (non-hydrogen) atoms. The fraction of sp³-hybridized carbons (Fsp3) is 1.00. The molecule has 0 N–H and O–H groups in total. The first-order valence-corrected chi connectivity index (χ1v) is 7.30. The molecule has 1 nitrogen and oxygen atoms in total. The van der Waals surface area contributed by atoms with Crippen molar-refractivity contribution in [3.8, 4) is 0 Å². The highest BCUT2D eigenvalue weighted by Crippen LogP contribution is 2.35. The van der Waals surface area contributed by atoms with Crippen molar-refractivity contribution in [2.45, 2.75) is 64.9 Å². The van der Waals surface area contributed by atoms with Gasteiger partial charge in [-0.05, 0) is 31.1 Å². The van der Waals surface area contributed by atoms with Gasteiger partial charge in [0.15, 0.2) is 0 Å². The van der Waals surface area contributed by atoms with Gasteiger partial charge in [-0.25, -0.2) is 0 Å². The first-order chi connectivity index (χ1) is 6.97. The van der Waals surface area contributed by atoms with Crippen molar-refractivity contribution in [2.24, 2.45) is 5.41 Å². The van der Waals surface area contributed by atoms with E-state index >= 15 is 0 Å². The maximum atomic E-state index is 6.09. The minimum atomic E-state index is 0.178. The number of alkyl halides is 1. The van der Waals surface area contributed by atoms with E-state index in [4.69, 9.17) is 4.74 Å². The van der Waals surface area contributed by atoms with Gasteiger partial charge in [-0.3, -0.25) is 0 Å². The summed E-state index contributed by atoms with van der Waals surface area (Å²) in [6.45, 7) is 7.82. The third-order valence-corrected chi connectivity index (χ3v) is 4.26. The van der Waals surface area contributed by atoms with Crippen molar-refractivity contribution in [1.29, 1.82) is 0 Å². The van der Waals surface area contributed by atoms with Gasteiger partial charge in [-0.1, -0.05) is 49.5 Å². The Hall–Kier alpha value is 0.440. The van der Waals surface area contributed by atoms with E-state index in [0.29, 0.717) is 5.41 Å². The molecule has 0 aromatic heterocycles. The smallest absolute Gasteiger partial charge is 0.0778 e. The zero-order chi connectivity index (χ0) is 11.4. The van der Waals surface area contributed by atoms with E-state index in [-0.39, 0.29) is 5.60 Å². The Morgan fingerprint density at radius 1 is 1.20 bits per heavy atom. The molecular weight excluding hydrogens is 252 g/mol. The van der Waals surface area contributed by atoms with Crippen LogP contribution in [0.4, 0.5) is 0 Å². The van der Waals surface area contributed by atoms with Gasteiger partial charge in [-0.15, -0.1) is 0 Å². The normalized spacial score (nSPS) is 20.8. The highest BCUT2D eigenvalue weighted by atomic mass is 79.9. The first-order valence-electron chi connectivity index (χ1n) is 6.17. The van der Waals surface area contributed by atoms with Crippen LogP contribution >= 0.6 is 15.9 Å². The van der Waals surface area contributed by atoms with Gasteiger partial charge in [0.25, 0.3) is 0 Å². The minimum absolute atomic E-state index is 0.178. The summed E-state index contributed by atoms with van der Waals surface area (Å²) in [5.41, 5.74) is 0.623. The number of ether oxygens (including phenoxy) is 1. The second kappa shape index (κ2) is 5.67. The van der Waals surface area contributed by atoms with Crippen molar-refractivity contribution >= 4 is 15.9 Å². The predicted octanol–water partition coefficient (Wildman–Crippen LogP) is 4.54. The first kappa shape index (κ1) is 13.5. The highest BCUT2D eigenvalue weighted by molar-refractivity contribution is 9.09. The molecular formula is C13H25BrO. The van der Waals surface area contributed by atoms with Crippen LogP contribution in [0.25, 0.3) is 0 Å². The molecule has 0 aromatic rings. The van der Waals surface area contributed by atoms with Crippen LogP contribution in [0, 0.1) is 5.41 Å². The van der Waals surface area contributed by atoms with E-state index in [1.807, 2.05) is 0 Å². The lowest BCUT2D eigenvalue weighted by molar-refractivity contribution is -0.0251. The molecule has 1 aliphatic carbocycles. The summed E-state index contributed by atoms with van der Waals surface area (Å²) in [5.74, 6) is 0. The van der Waals surface area contributed by atoms with E-state index in [2.05, 4.69) is 36.7 Å². The minimum Gasteiger partial charge on any atom is -0.374 e. The van der Waals surface area contributed by atoms with E-state index in [1.54, 1.807) is 0 Å². The monoisotopic (exact) mass is 276 g/mol. The molecule has 0 saturated heterocycles. The Morgan fingerprint density at radius 2 is 1.80 bits per heavy atom. The van der Waals surface area contributed by atoms with Gasteiger partial charge in [0.05, 0.1) is 5.60 Å². The molecule has 0 unspecified atom stereocenters. The number of rotatable bonds is 5. The van der Waals surface area contributed by atoms with E-state index < -0.39 is 0 Å². The molecule has 0 radical (unpaired) electrons. The second-order valence-electron chi connectivity index (χ2n) is 6.04. The predicted molar refractivity (Wildman–Crippen MR) is 69.6 cm³/mol. The molecule has 1 saturated carbocycles. The van der Waals surface area contributed by atoms with Gasteiger partial charge in [0.1, 0.15) is 0 Å². The van der Waals surface area contributed by atoms with Gasteiger partial charge in [0.2, 0.25) is 0 Å². The van der Waals surface area contributed by atoms with Crippen molar-refractivity contribution in [3.05, 3.63) is 0 Å². The van der Waals surface area contributed by atoms with Crippen LogP contribution in [0.2, 0.25) is 0 Å². The largest absolute Gasteiger partial charge is 0.374 e. The van der Waals surface area contributed by atoms with E-state index in [0.717, 1.165) is 11.9 Å². The molecule has 0 bridgehead atoms. The average molecular weight is 277 g/mol. The molecule has 0 heterocycles. The summed E-state index contributed by atoms with van der Waals surface area (Å²) in [6.07, 6.45) is 7.61. The van der Waals surface area contributed by atoms with Crippen molar-refractivity contribution in [1.82, 2.24) is 0 Å². The third kappa shape index (κ3) is 4.86. The second-order valence-corrected chi connectivity index (χ2v) is 6.60. The van der Waals surface area contributed by atoms with Crippen molar-refractivity contribution < 1.29 is 4.74 Å². The average Bonchev–Trinajstić information content (AvgIpc) is 2.60. The highest BCUT2D eigenvalue weighted by Gasteiger charge is 2.33. The lowest BCUT2D eigenvalue weighted by atomic mass is 9.91. The summed E-state index contributed by atoms with van der Waals surface area (Å²) in [6, 6.07) is 0. The zero-order valence-electron chi connectivity index (χ0n) is 10.4. The molecule has 1 rings (SSSR count). The van der Waals surface area contributed by atoms with Gasteiger partial charge in [0, 0.05) is 11.9 Å². The van der Waals surface area contributed by atoms with Crippen LogP contribution in [0.3, 0.4) is 0 Å². The van der Waals surface area contributed by atoms with E-state index in [1.165, 1.54) is 38.5 Å². The zero-order valence-corrected chi connectivity index (χ0v) is 12.0. The molecule has 0 aromatic carbocycles. The molecule has 90 valence electrons. The summed E-state index contributed by atoms with van der Waals surface area (Å²) in [7, 11) is 0. The molecule has 0 amide bonds.